The first-order chi connectivity index (χ1) is 10.1. The lowest BCUT2D eigenvalue weighted by Gasteiger charge is -2.33. The molecule has 0 saturated carbocycles. The molecule has 0 atom stereocenters. The summed E-state index contributed by atoms with van der Waals surface area (Å²) in [5.74, 6) is 2.21. The first kappa shape index (κ1) is 16.0. The van der Waals surface area contributed by atoms with Crippen LogP contribution in [0.2, 0.25) is 0 Å². The number of carbonyl (C=O) groups is 1. The Balaban J connectivity index is 1.95. The van der Waals surface area contributed by atoms with E-state index in [0.29, 0.717) is 11.9 Å². The molecular weight excluding hydrogens is 334 g/mol. The Morgan fingerprint density at radius 2 is 2.19 bits per heavy atom. The molecule has 1 aromatic rings. The number of carbonyl (C=O) groups excluding carboxylic acids is 1. The maximum Gasteiger partial charge on any atom is 0.224 e. The Morgan fingerprint density at radius 1 is 1.48 bits per heavy atom. The van der Waals surface area contributed by atoms with E-state index in [-0.39, 0.29) is 5.91 Å². The van der Waals surface area contributed by atoms with Crippen LogP contribution in [0.25, 0.3) is 0 Å². The number of anilines is 2. The molecule has 0 aliphatic carbocycles. The standard InChI is InChI=1S/C14H22BrN5O/c1-3-16-14-18-9-12(15)13(19-14)20-6-4-11(5-7-20)8-17-10(2)21/h9,11H,3-8H2,1-2H3,(H,17,21)(H,16,18,19). The van der Waals surface area contributed by atoms with Gasteiger partial charge in [0.05, 0.1) is 4.47 Å². The van der Waals surface area contributed by atoms with Gasteiger partial charge >= 0.3 is 0 Å². The van der Waals surface area contributed by atoms with Crippen molar-refractivity contribution in [3.8, 4) is 0 Å². The maximum absolute atomic E-state index is 11.0. The number of nitrogens with one attached hydrogen (secondary N) is 2. The van der Waals surface area contributed by atoms with Gasteiger partial charge in [0.2, 0.25) is 11.9 Å². The second kappa shape index (κ2) is 7.59. The van der Waals surface area contributed by atoms with E-state index in [1.165, 1.54) is 0 Å². The predicted octanol–water partition coefficient (Wildman–Crippen LogP) is 2.02. The van der Waals surface area contributed by atoms with E-state index >= 15 is 0 Å². The van der Waals surface area contributed by atoms with Crippen molar-refractivity contribution in [1.29, 1.82) is 0 Å². The molecule has 1 amide bonds. The van der Waals surface area contributed by atoms with Crippen LogP contribution >= 0.6 is 15.9 Å². The van der Waals surface area contributed by atoms with E-state index in [4.69, 9.17) is 0 Å². The zero-order chi connectivity index (χ0) is 15.2. The molecule has 1 aliphatic rings. The molecule has 2 rings (SSSR count). The quantitative estimate of drug-likeness (QED) is 0.845. The van der Waals surface area contributed by atoms with E-state index in [2.05, 4.69) is 41.4 Å². The normalized spacial score (nSPS) is 15.9. The third-order valence-corrected chi connectivity index (χ3v) is 4.17. The fourth-order valence-electron chi connectivity index (χ4n) is 2.46. The molecule has 0 bridgehead atoms. The predicted molar refractivity (Wildman–Crippen MR) is 87.5 cm³/mol. The van der Waals surface area contributed by atoms with E-state index in [1.807, 2.05) is 6.92 Å². The van der Waals surface area contributed by atoms with Crippen LogP contribution in [0.5, 0.6) is 0 Å². The van der Waals surface area contributed by atoms with Gasteiger partial charge in [0.25, 0.3) is 0 Å². The molecule has 1 aliphatic heterocycles. The highest BCUT2D eigenvalue weighted by molar-refractivity contribution is 9.10. The summed E-state index contributed by atoms with van der Waals surface area (Å²) in [5.41, 5.74) is 0. The lowest BCUT2D eigenvalue weighted by Crippen LogP contribution is -2.38. The number of rotatable bonds is 5. The number of halogens is 1. The zero-order valence-corrected chi connectivity index (χ0v) is 14.1. The van der Waals surface area contributed by atoms with Crippen LogP contribution in [-0.4, -0.2) is 42.1 Å². The minimum Gasteiger partial charge on any atom is -0.356 e. The third-order valence-electron chi connectivity index (χ3n) is 3.61. The van der Waals surface area contributed by atoms with Gasteiger partial charge in [0.15, 0.2) is 0 Å². The minimum absolute atomic E-state index is 0.0475. The van der Waals surface area contributed by atoms with E-state index in [1.54, 1.807) is 13.1 Å². The summed E-state index contributed by atoms with van der Waals surface area (Å²) in [5, 5.41) is 6.04. The van der Waals surface area contributed by atoms with Crippen molar-refractivity contribution in [2.45, 2.75) is 26.7 Å². The summed E-state index contributed by atoms with van der Waals surface area (Å²) < 4.78 is 0.921. The lowest BCUT2D eigenvalue weighted by atomic mass is 9.97. The Hall–Kier alpha value is -1.37. The first-order valence-corrected chi connectivity index (χ1v) is 8.15. The van der Waals surface area contributed by atoms with Crippen LogP contribution in [0.15, 0.2) is 10.7 Å². The molecule has 116 valence electrons. The number of aromatic nitrogens is 2. The fourth-order valence-corrected chi connectivity index (χ4v) is 2.90. The molecule has 2 heterocycles. The first-order valence-electron chi connectivity index (χ1n) is 7.36. The summed E-state index contributed by atoms with van der Waals surface area (Å²) in [6, 6.07) is 0. The molecule has 0 spiro atoms. The molecule has 0 radical (unpaired) electrons. The van der Waals surface area contributed by atoms with Gasteiger partial charge < -0.3 is 15.5 Å². The van der Waals surface area contributed by atoms with Crippen molar-refractivity contribution in [3.63, 3.8) is 0 Å². The Labute approximate surface area is 133 Å². The monoisotopic (exact) mass is 355 g/mol. The Bertz CT molecular complexity index is 488. The number of hydrogen-bond acceptors (Lipinski definition) is 5. The Kier molecular flexibility index (Phi) is 5.78. The van der Waals surface area contributed by atoms with Gasteiger partial charge in [-0.15, -0.1) is 0 Å². The Morgan fingerprint density at radius 3 is 2.81 bits per heavy atom. The second-order valence-electron chi connectivity index (χ2n) is 5.26. The van der Waals surface area contributed by atoms with Gasteiger partial charge in [-0.2, -0.15) is 4.98 Å². The largest absolute Gasteiger partial charge is 0.356 e. The van der Waals surface area contributed by atoms with Crippen LogP contribution < -0.4 is 15.5 Å². The minimum atomic E-state index is 0.0475. The highest BCUT2D eigenvalue weighted by atomic mass is 79.9. The summed E-state index contributed by atoms with van der Waals surface area (Å²) in [7, 11) is 0. The highest BCUT2D eigenvalue weighted by Crippen LogP contribution is 2.28. The van der Waals surface area contributed by atoms with Crippen LogP contribution in [-0.2, 0) is 4.79 Å². The third kappa shape index (κ3) is 4.56. The van der Waals surface area contributed by atoms with Crippen molar-refractivity contribution in [3.05, 3.63) is 10.7 Å². The lowest BCUT2D eigenvalue weighted by molar-refractivity contribution is -0.119. The number of hydrogen-bond donors (Lipinski definition) is 2. The fraction of sp³-hybridized carbons (Fsp3) is 0.643. The molecule has 2 N–H and O–H groups in total. The SMILES string of the molecule is CCNc1ncc(Br)c(N2CCC(CNC(C)=O)CC2)n1. The van der Waals surface area contributed by atoms with Crippen LogP contribution in [0, 0.1) is 5.92 Å². The van der Waals surface area contributed by atoms with Crippen molar-refractivity contribution < 1.29 is 4.79 Å². The van der Waals surface area contributed by atoms with Gasteiger partial charge in [-0.05, 0) is 41.6 Å². The van der Waals surface area contributed by atoms with Crippen molar-refractivity contribution in [2.24, 2.45) is 5.92 Å². The van der Waals surface area contributed by atoms with Crippen molar-refractivity contribution in [1.82, 2.24) is 15.3 Å². The molecule has 6 nitrogen and oxygen atoms in total. The summed E-state index contributed by atoms with van der Waals surface area (Å²) >= 11 is 3.53. The summed E-state index contributed by atoms with van der Waals surface area (Å²) in [6.45, 7) is 7.07. The summed E-state index contributed by atoms with van der Waals surface area (Å²) in [6.07, 6.45) is 3.92. The topological polar surface area (TPSA) is 70.2 Å². The number of amides is 1. The van der Waals surface area contributed by atoms with Gasteiger partial charge in [-0.25, -0.2) is 4.98 Å². The molecule has 7 heteroatoms. The van der Waals surface area contributed by atoms with E-state index in [9.17, 15) is 4.79 Å². The molecular formula is C14H22BrN5O. The van der Waals surface area contributed by atoms with Gasteiger partial charge in [-0.1, -0.05) is 0 Å². The van der Waals surface area contributed by atoms with Crippen LogP contribution in [0.3, 0.4) is 0 Å². The smallest absolute Gasteiger partial charge is 0.224 e. The molecule has 0 unspecified atom stereocenters. The summed E-state index contributed by atoms with van der Waals surface area (Å²) in [4.78, 5) is 22.1. The molecule has 1 fully saturated rings. The van der Waals surface area contributed by atoms with E-state index in [0.717, 1.165) is 49.3 Å². The molecule has 21 heavy (non-hydrogen) atoms. The highest BCUT2D eigenvalue weighted by Gasteiger charge is 2.22. The number of nitrogens with zero attached hydrogens (tertiary/aromatic N) is 3. The molecule has 1 saturated heterocycles. The second-order valence-corrected chi connectivity index (χ2v) is 6.12. The van der Waals surface area contributed by atoms with Gasteiger partial charge in [-0.3, -0.25) is 4.79 Å². The van der Waals surface area contributed by atoms with Crippen molar-refractivity contribution in [2.75, 3.05) is 36.4 Å². The van der Waals surface area contributed by atoms with Gasteiger partial charge in [0, 0.05) is 39.3 Å². The van der Waals surface area contributed by atoms with Crippen LogP contribution in [0.1, 0.15) is 26.7 Å². The molecule has 1 aromatic heterocycles. The maximum atomic E-state index is 11.0. The van der Waals surface area contributed by atoms with E-state index < -0.39 is 0 Å². The number of piperidine rings is 1. The average molecular weight is 356 g/mol. The van der Waals surface area contributed by atoms with Crippen molar-refractivity contribution >= 4 is 33.6 Å². The zero-order valence-electron chi connectivity index (χ0n) is 12.5. The van der Waals surface area contributed by atoms with Crippen LogP contribution in [0.4, 0.5) is 11.8 Å². The van der Waals surface area contributed by atoms with Gasteiger partial charge in [0.1, 0.15) is 5.82 Å². The average Bonchev–Trinajstić information content (AvgIpc) is 2.48. The molecule has 0 aromatic carbocycles.